The Morgan fingerprint density at radius 3 is 2.68 bits per heavy atom. The second kappa shape index (κ2) is 5.95. The van der Waals surface area contributed by atoms with E-state index >= 15 is 0 Å². The molecule has 1 aromatic carbocycles. The van der Waals surface area contributed by atoms with Crippen molar-refractivity contribution in [2.75, 3.05) is 5.32 Å². The van der Waals surface area contributed by atoms with Gasteiger partial charge in [0.1, 0.15) is 5.69 Å². The highest BCUT2D eigenvalue weighted by molar-refractivity contribution is 7.12. The van der Waals surface area contributed by atoms with Gasteiger partial charge in [0.2, 0.25) is 0 Å². The van der Waals surface area contributed by atoms with E-state index in [1.807, 2.05) is 29.1 Å². The van der Waals surface area contributed by atoms with Crippen molar-refractivity contribution in [1.29, 1.82) is 0 Å². The molecule has 0 spiro atoms. The molecule has 0 aliphatic heterocycles. The predicted molar refractivity (Wildman–Crippen MR) is 85.8 cm³/mol. The number of carbonyl (C=O) groups excluding carboxylic acids is 2. The number of nitrogens with one attached hydrogen (secondary N) is 1. The zero-order chi connectivity index (χ0) is 15.5. The van der Waals surface area contributed by atoms with Gasteiger partial charge < -0.3 is 9.88 Å². The molecule has 0 aliphatic rings. The van der Waals surface area contributed by atoms with Crippen LogP contribution in [0.3, 0.4) is 0 Å². The van der Waals surface area contributed by atoms with Crippen molar-refractivity contribution < 1.29 is 9.59 Å². The zero-order valence-corrected chi connectivity index (χ0v) is 12.6. The number of anilines is 1. The fourth-order valence-corrected chi connectivity index (χ4v) is 2.73. The summed E-state index contributed by atoms with van der Waals surface area (Å²) >= 11 is 1.39. The molecule has 6 heteroatoms. The first-order valence-corrected chi connectivity index (χ1v) is 7.52. The van der Waals surface area contributed by atoms with Crippen LogP contribution in [0.5, 0.6) is 0 Å². The largest absolute Gasteiger partial charge is 0.321 e. The van der Waals surface area contributed by atoms with Crippen LogP contribution in [0.25, 0.3) is 5.13 Å². The van der Waals surface area contributed by atoms with Crippen molar-refractivity contribution in [3.8, 4) is 5.13 Å². The summed E-state index contributed by atoms with van der Waals surface area (Å²) in [7, 11) is 0. The molecule has 0 fully saturated rings. The molecular formula is C16H13N3O2S. The van der Waals surface area contributed by atoms with Gasteiger partial charge in [-0.1, -0.05) is 12.1 Å². The van der Waals surface area contributed by atoms with Gasteiger partial charge in [-0.25, -0.2) is 4.98 Å². The van der Waals surface area contributed by atoms with Gasteiger partial charge in [0.15, 0.2) is 10.9 Å². The average Bonchev–Trinajstić information content (AvgIpc) is 3.18. The molecule has 1 amide bonds. The monoisotopic (exact) mass is 311 g/mol. The van der Waals surface area contributed by atoms with E-state index in [0.717, 1.165) is 5.13 Å². The van der Waals surface area contributed by atoms with Gasteiger partial charge in [-0.15, -0.1) is 11.3 Å². The molecule has 0 saturated carbocycles. The number of aromatic nitrogens is 2. The van der Waals surface area contributed by atoms with Gasteiger partial charge in [-0.3, -0.25) is 9.59 Å². The summed E-state index contributed by atoms with van der Waals surface area (Å²) in [5.41, 5.74) is 1.49. The number of carbonyl (C=O) groups is 2. The Morgan fingerprint density at radius 2 is 1.95 bits per heavy atom. The Kier molecular flexibility index (Phi) is 3.84. The number of rotatable bonds is 4. The third kappa shape index (κ3) is 2.96. The molecule has 2 heterocycles. The summed E-state index contributed by atoms with van der Waals surface area (Å²) in [4.78, 5) is 27.9. The van der Waals surface area contributed by atoms with Gasteiger partial charge in [0.05, 0.1) is 0 Å². The van der Waals surface area contributed by atoms with E-state index < -0.39 is 0 Å². The maximum Gasteiger partial charge on any atom is 0.275 e. The highest BCUT2D eigenvalue weighted by atomic mass is 32.1. The van der Waals surface area contributed by atoms with E-state index in [2.05, 4.69) is 10.3 Å². The SMILES string of the molecule is CC(=O)c1cccc(NC(=O)c2csc(-n3cccc3)n2)c1. The molecule has 0 unspecified atom stereocenters. The van der Waals surface area contributed by atoms with Gasteiger partial charge in [0.25, 0.3) is 5.91 Å². The van der Waals surface area contributed by atoms with E-state index in [9.17, 15) is 9.59 Å². The molecule has 2 aromatic heterocycles. The lowest BCUT2D eigenvalue weighted by molar-refractivity contribution is 0.100. The molecule has 1 N–H and O–H groups in total. The Bertz CT molecular complexity index is 822. The lowest BCUT2D eigenvalue weighted by Crippen LogP contribution is -2.12. The van der Waals surface area contributed by atoms with E-state index in [-0.39, 0.29) is 11.7 Å². The number of amides is 1. The molecule has 110 valence electrons. The first kappa shape index (κ1) is 14.2. The second-order valence-electron chi connectivity index (χ2n) is 4.70. The molecule has 5 nitrogen and oxygen atoms in total. The third-order valence-electron chi connectivity index (χ3n) is 3.08. The normalized spacial score (nSPS) is 10.4. The smallest absolute Gasteiger partial charge is 0.275 e. The first-order valence-electron chi connectivity index (χ1n) is 6.65. The number of Topliss-reactive ketones (excluding diaryl/α,β-unsaturated/α-hetero) is 1. The minimum absolute atomic E-state index is 0.0420. The topological polar surface area (TPSA) is 64.0 Å². The van der Waals surface area contributed by atoms with Crippen LogP contribution in [0.4, 0.5) is 5.69 Å². The highest BCUT2D eigenvalue weighted by Crippen LogP contribution is 2.17. The Balaban J connectivity index is 1.77. The molecular weight excluding hydrogens is 298 g/mol. The van der Waals surface area contributed by atoms with Gasteiger partial charge in [-0.2, -0.15) is 0 Å². The Morgan fingerprint density at radius 1 is 1.18 bits per heavy atom. The molecule has 0 atom stereocenters. The fourth-order valence-electron chi connectivity index (χ4n) is 1.96. The van der Waals surface area contributed by atoms with E-state index in [0.29, 0.717) is 16.9 Å². The summed E-state index contributed by atoms with van der Waals surface area (Å²) in [6.45, 7) is 1.49. The fraction of sp³-hybridized carbons (Fsp3) is 0.0625. The van der Waals surface area contributed by atoms with Crippen LogP contribution < -0.4 is 5.32 Å². The van der Waals surface area contributed by atoms with E-state index in [1.54, 1.807) is 29.6 Å². The summed E-state index contributed by atoms with van der Waals surface area (Å²) in [5, 5.41) is 5.19. The van der Waals surface area contributed by atoms with Crippen LogP contribution in [-0.4, -0.2) is 21.2 Å². The number of benzene rings is 1. The van der Waals surface area contributed by atoms with Crippen LogP contribution in [0.2, 0.25) is 0 Å². The lowest BCUT2D eigenvalue weighted by atomic mass is 10.1. The predicted octanol–water partition coefficient (Wildman–Crippen LogP) is 3.39. The summed E-state index contributed by atoms with van der Waals surface area (Å²) in [6, 6.07) is 10.6. The second-order valence-corrected chi connectivity index (χ2v) is 5.53. The van der Waals surface area contributed by atoms with Gasteiger partial charge in [-0.05, 0) is 31.2 Å². The number of thiazole rings is 1. The molecule has 0 aliphatic carbocycles. The van der Waals surface area contributed by atoms with Gasteiger partial charge >= 0.3 is 0 Å². The maximum absolute atomic E-state index is 12.2. The first-order chi connectivity index (χ1) is 10.6. The van der Waals surface area contributed by atoms with Crippen LogP contribution >= 0.6 is 11.3 Å². The van der Waals surface area contributed by atoms with Crippen LogP contribution in [0, 0.1) is 0 Å². The van der Waals surface area contributed by atoms with Crippen molar-refractivity contribution in [1.82, 2.24) is 9.55 Å². The quantitative estimate of drug-likeness (QED) is 0.751. The molecule has 22 heavy (non-hydrogen) atoms. The van der Waals surface area contributed by atoms with Crippen LogP contribution in [0.15, 0.2) is 54.2 Å². The minimum atomic E-state index is -0.296. The maximum atomic E-state index is 12.2. The van der Waals surface area contributed by atoms with Crippen LogP contribution in [0.1, 0.15) is 27.8 Å². The van der Waals surface area contributed by atoms with Crippen molar-refractivity contribution in [2.24, 2.45) is 0 Å². The van der Waals surface area contributed by atoms with Crippen molar-refractivity contribution in [2.45, 2.75) is 6.92 Å². The standard InChI is InChI=1S/C16H13N3O2S/c1-11(20)12-5-4-6-13(9-12)17-15(21)14-10-22-16(18-14)19-7-2-3-8-19/h2-10H,1H3,(H,17,21). The Hall–Kier alpha value is -2.73. The number of hydrogen-bond donors (Lipinski definition) is 1. The highest BCUT2D eigenvalue weighted by Gasteiger charge is 2.12. The van der Waals surface area contributed by atoms with Crippen LogP contribution in [-0.2, 0) is 0 Å². The minimum Gasteiger partial charge on any atom is -0.321 e. The number of hydrogen-bond acceptors (Lipinski definition) is 4. The molecule has 0 radical (unpaired) electrons. The summed E-state index contributed by atoms with van der Waals surface area (Å²) < 4.78 is 1.85. The molecule has 3 rings (SSSR count). The van der Waals surface area contributed by atoms with E-state index in [4.69, 9.17) is 0 Å². The van der Waals surface area contributed by atoms with Crippen molar-refractivity contribution in [3.05, 3.63) is 65.4 Å². The zero-order valence-electron chi connectivity index (χ0n) is 11.8. The van der Waals surface area contributed by atoms with E-state index in [1.165, 1.54) is 18.3 Å². The number of nitrogens with zero attached hydrogens (tertiary/aromatic N) is 2. The Labute approximate surface area is 131 Å². The summed E-state index contributed by atoms with van der Waals surface area (Å²) in [6.07, 6.45) is 3.74. The average molecular weight is 311 g/mol. The summed E-state index contributed by atoms with van der Waals surface area (Å²) in [5.74, 6) is -0.338. The van der Waals surface area contributed by atoms with Crippen molar-refractivity contribution in [3.63, 3.8) is 0 Å². The molecule has 3 aromatic rings. The van der Waals surface area contributed by atoms with Crippen molar-refractivity contribution >= 4 is 28.7 Å². The van der Waals surface area contributed by atoms with Gasteiger partial charge in [0, 0.05) is 29.0 Å². The third-order valence-corrected chi connectivity index (χ3v) is 3.93. The molecule has 0 saturated heterocycles. The number of ketones is 1. The molecule has 0 bridgehead atoms. The lowest BCUT2D eigenvalue weighted by Gasteiger charge is -2.04.